The van der Waals surface area contributed by atoms with Gasteiger partial charge >= 0.3 is 0 Å². The number of nitrogens with zero attached hydrogens (tertiary/aromatic N) is 6. The van der Waals surface area contributed by atoms with Crippen LogP contribution in [-0.2, 0) is 21.1 Å². The van der Waals surface area contributed by atoms with Gasteiger partial charge < -0.3 is 0 Å². The van der Waals surface area contributed by atoms with Crippen molar-refractivity contribution in [3.8, 4) is 0 Å². The molecule has 6 nitrogen and oxygen atoms in total. The van der Waals surface area contributed by atoms with E-state index >= 15 is 0 Å². The molecule has 0 aromatic rings. The summed E-state index contributed by atoms with van der Waals surface area (Å²) >= 11 is 0. The van der Waals surface area contributed by atoms with Crippen molar-refractivity contribution in [2.24, 2.45) is 0 Å². The van der Waals surface area contributed by atoms with E-state index in [1.165, 1.54) is 0 Å². The molecule has 0 atom stereocenters. The molecule has 0 rings (SSSR count). The first-order chi connectivity index (χ1) is 11.7. The van der Waals surface area contributed by atoms with Crippen molar-refractivity contribution in [2.75, 3.05) is 54.4 Å². The summed E-state index contributed by atoms with van der Waals surface area (Å²) in [6, 6.07) is 0. The fraction of sp³-hybridized carbons (Fsp3) is 1.00. The maximum atomic E-state index is 2.30. The number of hydrazine groups is 4. The Balaban J connectivity index is -0.000000411. The molecule has 0 fully saturated rings. The van der Waals surface area contributed by atoms with E-state index < -0.39 is 0 Å². The first-order valence-electron chi connectivity index (χ1n) is 10.1. The molecule has 0 amide bonds. The van der Waals surface area contributed by atoms with Crippen molar-refractivity contribution >= 4 is 0 Å². The zero-order valence-corrected chi connectivity index (χ0v) is 23.9. The second kappa shape index (κ2) is 14.4. The Morgan fingerprint density at radius 2 is 0.593 bits per heavy atom. The largest absolute Gasteiger partial charge is 0.231 e. The Bertz CT molecular complexity index is 299. The number of hydrogen-bond acceptors (Lipinski definition) is 6. The number of rotatable bonds is 8. The van der Waals surface area contributed by atoms with Gasteiger partial charge in [0.2, 0.25) is 0 Å². The van der Waals surface area contributed by atoms with Gasteiger partial charge in [-0.15, -0.1) is 0 Å². The Morgan fingerprint density at radius 3 is 0.667 bits per heavy atom. The third-order valence-corrected chi connectivity index (χ3v) is 4.32. The van der Waals surface area contributed by atoms with Crippen LogP contribution in [0.3, 0.4) is 0 Å². The van der Waals surface area contributed by atoms with E-state index in [9.17, 15) is 0 Å². The zero-order valence-electron chi connectivity index (χ0n) is 20.9. The minimum atomic E-state index is 0. The molecule has 27 heavy (non-hydrogen) atoms. The molecule has 0 N–H and O–H groups in total. The maximum absolute atomic E-state index is 2.30. The van der Waals surface area contributed by atoms with Crippen molar-refractivity contribution in [3.05, 3.63) is 0 Å². The average molecular weight is 559 g/mol. The molecule has 0 aliphatic carbocycles. The summed E-state index contributed by atoms with van der Waals surface area (Å²) in [5, 5.41) is 13.6. The van der Waals surface area contributed by atoms with Crippen LogP contribution in [-0.4, -0.2) is 95.7 Å². The van der Waals surface area contributed by atoms with Crippen molar-refractivity contribution < 1.29 is 21.1 Å². The van der Waals surface area contributed by atoms with Crippen molar-refractivity contribution in [2.45, 2.75) is 80.3 Å². The number of hydrogen-bond donors (Lipinski definition) is 0. The molecule has 166 valence electrons. The minimum Gasteiger partial charge on any atom is -0.231 e. The summed E-state index contributed by atoms with van der Waals surface area (Å²) in [6.45, 7) is 26.2. The standard InChI is InChI=1S/2C10H25N3.W/c2*1-8-11(6)13(10(3,4)5)12(7)9-2;/h2*8-9H2,1-7H3;. The molecular weight excluding hydrogens is 508 g/mol. The van der Waals surface area contributed by atoms with Gasteiger partial charge in [-0.25, -0.2) is 20.0 Å². The predicted molar refractivity (Wildman–Crippen MR) is 116 cm³/mol. The minimum absolute atomic E-state index is 0. The van der Waals surface area contributed by atoms with Crippen LogP contribution in [0.4, 0.5) is 0 Å². The molecule has 0 aliphatic rings. The molecule has 0 spiro atoms. The molecule has 0 radical (unpaired) electrons. The molecule has 0 aromatic heterocycles. The molecule has 0 aliphatic heterocycles. The summed E-state index contributed by atoms with van der Waals surface area (Å²) < 4.78 is 0. The first-order valence-corrected chi connectivity index (χ1v) is 10.1. The summed E-state index contributed by atoms with van der Waals surface area (Å²) in [4.78, 5) is 0. The molecule has 0 saturated heterocycles. The molecular formula is C20H50N6W. The normalized spacial score (nSPS) is 12.9. The van der Waals surface area contributed by atoms with E-state index in [1.807, 2.05) is 0 Å². The smallest absolute Gasteiger partial charge is 0.0430 e. The third-order valence-electron chi connectivity index (χ3n) is 4.32. The van der Waals surface area contributed by atoms with Gasteiger partial charge in [-0.05, 0) is 41.5 Å². The third kappa shape index (κ3) is 11.9. The van der Waals surface area contributed by atoms with Crippen LogP contribution in [0.15, 0.2) is 0 Å². The molecule has 0 aromatic carbocycles. The molecule has 0 saturated carbocycles. The Morgan fingerprint density at radius 1 is 0.444 bits per heavy atom. The quantitative estimate of drug-likeness (QED) is 0.421. The Hall–Kier alpha value is 0.448. The SMILES string of the molecule is CCN(C)N(N(C)CC)C(C)(C)C.CCN(C)N(N(C)CC)C(C)(C)C.[W]. The monoisotopic (exact) mass is 558 g/mol. The average Bonchev–Trinajstić information content (AvgIpc) is 2.52. The van der Waals surface area contributed by atoms with Crippen LogP contribution >= 0.6 is 0 Å². The van der Waals surface area contributed by atoms with Crippen molar-refractivity contribution in [1.29, 1.82) is 0 Å². The van der Waals surface area contributed by atoms with Gasteiger partial charge in [-0.2, -0.15) is 10.2 Å². The van der Waals surface area contributed by atoms with Crippen LogP contribution in [0.25, 0.3) is 0 Å². The summed E-state index contributed by atoms with van der Waals surface area (Å²) in [5.74, 6) is 0. The summed E-state index contributed by atoms with van der Waals surface area (Å²) in [5.41, 5.74) is 0.297. The Kier molecular flexibility index (Phi) is 17.2. The molecule has 0 unspecified atom stereocenters. The van der Waals surface area contributed by atoms with E-state index in [0.29, 0.717) is 0 Å². The predicted octanol–water partition coefficient (Wildman–Crippen LogP) is 3.64. The fourth-order valence-corrected chi connectivity index (χ4v) is 3.11. The van der Waals surface area contributed by atoms with Gasteiger partial charge in [0.1, 0.15) is 0 Å². The van der Waals surface area contributed by atoms with Gasteiger partial charge in [-0.3, -0.25) is 0 Å². The fourth-order valence-electron chi connectivity index (χ4n) is 3.11. The maximum Gasteiger partial charge on any atom is 0.0430 e. The zero-order chi connectivity index (χ0) is 21.3. The summed E-state index contributed by atoms with van der Waals surface area (Å²) in [6.07, 6.45) is 0. The topological polar surface area (TPSA) is 19.4 Å². The van der Waals surface area contributed by atoms with E-state index in [0.717, 1.165) is 26.2 Å². The first kappa shape index (κ1) is 32.1. The van der Waals surface area contributed by atoms with Gasteiger partial charge in [-0.1, -0.05) is 27.7 Å². The van der Waals surface area contributed by atoms with Crippen LogP contribution in [0.1, 0.15) is 69.2 Å². The van der Waals surface area contributed by atoms with Crippen LogP contribution in [0, 0.1) is 0 Å². The Labute approximate surface area is 186 Å². The van der Waals surface area contributed by atoms with Gasteiger partial charge in [0.25, 0.3) is 0 Å². The van der Waals surface area contributed by atoms with Crippen LogP contribution < -0.4 is 0 Å². The van der Waals surface area contributed by atoms with Gasteiger partial charge in [0.05, 0.1) is 0 Å². The second-order valence-corrected chi connectivity index (χ2v) is 8.82. The summed E-state index contributed by atoms with van der Waals surface area (Å²) in [7, 11) is 8.49. The van der Waals surface area contributed by atoms with Crippen LogP contribution in [0.2, 0.25) is 0 Å². The van der Waals surface area contributed by atoms with Gasteiger partial charge in [0, 0.05) is 86.5 Å². The van der Waals surface area contributed by atoms with Crippen molar-refractivity contribution in [3.63, 3.8) is 0 Å². The van der Waals surface area contributed by atoms with E-state index in [1.54, 1.807) is 0 Å². The van der Waals surface area contributed by atoms with E-state index in [2.05, 4.69) is 128 Å². The molecule has 0 heterocycles. The van der Waals surface area contributed by atoms with Crippen LogP contribution in [0.5, 0.6) is 0 Å². The molecule has 0 bridgehead atoms. The van der Waals surface area contributed by atoms with E-state index in [4.69, 9.17) is 0 Å². The van der Waals surface area contributed by atoms with Gasteiger partial charge in [0.15, 0.2) is 0 Å². The van der Waals surface area contributed by atoms with Crippen molar-refractivity contribution in [1.82, 2.24) is 30.3 Å². The second-order valence-electron chi connectivity index (χ2n) is 8.82. The molecule has 7 heteroatoms. The van der Waals surface area contributed by atoms with E-state index in [-0.39, 0.29) is 32.1 Å².